The lowest BCUT2D eigenvalue weighted by Crippen LogP contribution is -2.02. The van der Waals surface area contributed by atoms with E-state index in [0.717, 1.165) is 44.5 Å². The first-order chi connectivity index (χ1) is 11.1. The Balaban J connectivity index is 1.96. The molecule has 0 saturated heterocycles. The van der Waals surface area contributed by atoms with E-state index in [9.17, 15) is 4.79 Å². The van der Waals surface area contributed by atoms with Crippen LogP contribution in [0.25, 0.3) is 33.1 Å². The first-order valence-electron chi connectivity index (χ1n) is 7.31. The van der Waals surface area contributed by atoms with Gasteiger partial charge in [-0.25, -0.2) is 0 Å². The monoisotopic (exact) mass is 305 g/mol. The van der Waals surface area contributed by atoms with Gasteiger partial charge < -0.3 is 14.7 Å². The number of nitrogens with one attached hydrogen (secondary N) is 2. The van der Waals surface area contributed by atoms with E-state index in [4.69, 9.17) is 4.74 Å². The van der Waals surface area contributed by atoms with Crippen molar-refractivity contribution in [2.75, 3.05) is 7.11 Å². The maximum Gasteiger partial charge on any atom is 0.248 e. The topological polar surface area (TPSA) is 70.8 Å². The Labute approximate surface area is 132 Å². The van der Waals surface area contributed by atoms with Crippen molar-refractivity contribution in [1.82, 2.24) is 15.0 Å². The van der Waals surface area contributed by atoms with Gasteiger partial charge in [0.1, 0.15) is 5.75 Å². The minimum Gasteiger partial charge on any atom is -0.496 e. The van der Waals surface area contributed by atoms with Gasteiger partial charge in [0.05, 0.1) is 24.5 Å². The Hall–Kier alpha value is -3.08. The van der Waals surface area contributed by atoms with Crippen molar-refractivity contribution in [3.8, 4) is 17.0 Å². The lowest BCUT2D eigenvalue weighted by atomic mass is 10.1. The number of hydrogen-bond acceptors (Lipinski definition) is 3. The number of ether oxygens (including phenoxy) is 1. The van der Waals surface area contributed by atoms with E-state index in [0.29, 0.717) is 0 Å². The van der Waals surface area contributed by atoms with Crippen LogP contribution in [0.3, 0.4) is 0 Å². The molecule has 0 amide bonds. The minimum atomic E-state index is -0.131. The minimum absolute atomic E-state index is 0.131. The van der Waals surface area contributed by atoms with Gasteiger partial charge in [-0.05, 0) is 31.2 Å². The molecule has 2 N–H and O–H groups in total. The molecule has 0 aliphatic rings. The average Bonchev–Trinajstić information content (AvgIpc) is 2.92. The third kappa shape index (κ3) is 2.26. The zero-order valence-corrected chi connectivity index (χ0v) is 12.8. The van der Waals surface area contributed by atoms with Gasteiger partial charge in [-0.1, -0.05) is 0 Å². The molecule has 0 radical (unpaired) electrons. The van der Waals surface area contributed by atoms with E-state index in [1.165, 1.54) is 6.07 Å². The highest BCUT2D eigenvalue weighted by Gasteiger charge is 2.11. The van der Waals surface area contributed by atoms with Crippen molar-refractivity contribution in [2.45, 2.75) is 6.92 Å². The fraction of sp³-hybridized carbons (Fsp3) is 0.111. The number of hydrogen-bond donors (Lipinski definition) is 2. The number of benzene rings is 1. The van der Waals surface area contributed by atoms with E-state index in [1.807, 2.05) is 19.1 Å². The van der Waals surface area contributed by atoms with Crippen LogP contribution >= 0.6 is 0 Å². The number of aromatic nitrogens is 3. The highest BCUT2D eigenvalue weighted by Crippen LogP contribution is 2.34. The Kier molecular flexibility index (Phi) is 2.94. The number of nitrogens with zero attached hydrogens (tertiary/aromatic N) is 1. The third-order valence-electron chi connectivity index (χ3n) is 3.96. The van der Waals surface area contributed by atoms with E-state index >= 15 is 0 Å². The van der Waals surface area contributed by atoms with Crippen LogP contribution in [0.5, 0.6) is 5.75 Å². The summed E-state index contributed by atoms with van der Waals surface area (Å²) in [4.78, 5) is 21.9. The Morgan fingerprint density at radius 3 is 2.70 bits per heavy atom. The van der Waals surface area contributed by atoms with Crippen LogP contribution in [0, 0.1) is 6.92 Å². The molecule has 3 heterocycles. The van der Waals surface area contributed by atoms with Crippen molar-refractivity contribution in [3.63, 3.8) is 0 Å². The number of aryl methyl sites for hydroxylation is 1. The van der Waals surface area contributed by atoms with Crippen LogP contribution < -0.4 is 10.3 Å². The van der Waals surface area contributed by atoms with Crippen LogP contribution in [-0.2, 0) is 0 Å². The molecule has 0 atom stereocenters. The van der Waals surface area contributed by atoms with Gasteiger partial charge in [0, 0.05) is 39.7 Å². The lowest BCUT2D eigenvalue weighted by molar-refractivity contribution is 0.417. The predicted molar refractivity (Wildman–Crippen MR) is 90.9 cm³/mol. The first kappa shape index (κ1) is 13.6. The molecule has 5 nitrogen and oxygen atoms in total. The summed E-state index contributed by atoms with van der Waals surface area (Å²) in [6.07, 6.45) is 1.68. The maximum atomic E-state index is 11.4. The van der Waals surface area contributed by atoms with Gasteiger partial charge in [0.25, 0.3) is 0 Å². The molecular formula is C18H15N3O2. The second-order valence-corrected chi connectivity index (χ2v) is 5.57. The van der Waals surface area contributed by atoms with Crippen molar-refractivity contribution in [2.24, 2.45) is 0 Å². The number of methoxy groups -OCH3 is 1. The van der Waals surface area contributed by atoms with Crippen molar-refractivity contribution in [1.29, 1.82) is 0 Å². The molecule has 3 aromatic heterocycles. The molecule has 0 spiro atoms. The molecule has 114 valence electrons. The Morgan fingerprint density at radius 1 is 1.00 bits per heavy atom. The van der Waals surface area contributed by atoms with Gasteiger partial charge >= 0.3 is 0 Å². The summed E-state index contributed by atoms with van der Waals surface area (Å²) in [5, 5.41) is 2.05. The molecule has 4 aromatic rings. The first-order valence-corrected chi connectivity index (χ1v) is 7.31. The Bertz CT molecular complexity index is 1090. The summed E-state index contributed by atoms with van der Waals surface area (Å²) in [7, 11) is 1.65. The quantitative estimate of drug-likeness (QED) is 0.596. The van der Waals surface area contributed by atoms with Crippen LogP contribution in [0.1, 0.15) is 5.69 Å². The standard InChI is InChI=1S/C18H15N3O2/c1-10-5-12-6-13(17(23-2)8-14(12)20-10)15-7-11-3-4-18(22)21-16(11)9-19-15/h3-9,20H,1-2H3,(H,21,22). The normalized spacial score (nSPS) is 11.2. The van der Waals surface area contributed by atoms with E-state index in [1.54, 1.807) is 19.4 Å². The molecule has 0 aliphatic heterocycles. The number of rotatable bonds is 2. The number of pyridine rings is 2. The van der Waals surface area contributed by atoms with E-state index in [-0.39, 0.29) is 5.56 Å². The highest BCUT2D eigenvalue weighted by atomic mass is 16.5. The molecule has 4 rings (SSSR count). The number of aromatic amines is 2. The smallest absolute Gasteiger partial charge is 0.248 e. The fourth-order valence-electron chi connectivity index (χ4n) is 2.88. The molecule has 0 saturated carbocycles. The summed E-state index contributed by atoms with van der Waals surface area (Å²) in [5.41, 5.74) is 4.46. The number of H-pyrrole nitrogens is 2. The van der Waals surface area contributed by atoms with Gasteiger partial charge in [0.2, 0.25) is 5.56 Å². The molecule has 1 aromatic carbocycles. The van der Waals surface area contributed by atoms with Crippen molar-refractivity contribution < 1.29 is 4.74 Å². The third-order valence-corrected chi connectivity index (χ3v) is 3.96. The largest absolute Gasteiger partial charge is 0.496 e. The predicted octanol–water partition coefficient (Wildman–Crippen LogP) is 3.39. The van der Waals surface area contributed by atoms with Gasteiger partial charge in [-0.15, -0.1) is 0 Å². The second-order valence-electron chi connectivity index (χ2n) is 5.57. The van der Waals surface area contributed by atoms with Crippen LogP contribution in [0.4, 0.5) is 0 Å². The molecule has 0 fully saturated rings. The van der Waals surface area contributed by atoms with Gasteiger partial charge in [-0.2, -0.15) is 0 Å². The van der Waals surface area contributed by atoms with Gasteiger partial charge in [-0.3, -0.25) is 9.78 Å². The molecule has 0 aliphatic carbocycles. The fourth-order valence-corrected chi connectivity index (χ4v) is 2.88. The highest BCUT2D eigenvalue weighted by molar-refractivity contribution is 5.90. The average molecular weight is 305 g/mol. The summed E-state index contributed by atoms with van der Waals surface area (Å²) in [5.74, 6) is 0.760. The number of fused-ring (bicyclic) bond motifs is 2. The molecule has 0 unspecified atom stereocenters. The SMILES string of the molecule is COc1cc2[nH]c(C)cc2cc1-c1cc2ccc(=O)[nH]c2cn1. The molecule has 5 heteroatoms. The Morgan fingerprint density at radius 2 is 1.87 bits per heavy atom. The van der Waals surface area contributed by atoms with Crippen LogP contribution in [-0.4, -0.2) is 22.1 Å². The molecule has 23 heavy (non-hydrogen) atoms. The summed E-state index contributed by atoms with van der Waals surface area (Å²) < 4.78 is 5.53. The van der Waals surface area contributed by atoms with Crippen molar-refractivity contribution in [3.05, 3.63) is 58.6 Å². The molecular weight excluding hydrogens is 290 g/mol. The zero-order valence-electron chi connectivity index (χ0n) is 12.8. The van der Waals surface area contributed by atoms with Crippen molar-refractivity contribution >= 4 is 21.8 Å². The summed E-state index contributed by atoms with van der Waals surface area (Å²) >= 11 is 0. The van der Waals surface area contributed by atoms with Crippen LogP contribution in [0.2, 0.25) is 0 Å². The summed E-state index contributed by atoms with van der Waals surface area (Å²) in [6, 6.07) is 11.4. The second kappa shape index (κ2) is 4.98. The van der Waals surface area contributed by atoms with Gasteiger partial charge in [0.15, 0.2) is 0 Å². The van der Waals surface area contributed by atoms with E-state index < -0.39 is 0 Å². The van der Waals surface area contributed by atoms with E-state index in [2.05, 4.69) is 27.1 Å². The lowest BCUT2D eigenvalue weighted by Gasteiger charge is -2.09. The van der Waals surface area contributed by atoms with Crippen LogP contribution in [0.15, 0.2) is 47.4 Å². The molecule has 0 bridgehead atoms. The summed E-state index contributed by atoms with van der Waals surface area (Å²) in [6.45, 7) is 2.02. The maximum absolute atomic E-state index is 11.4. The zero-order chi connectivity index (χ0) is 16.0.